The topological polar surface area (TPSA) is 78.6 Å². The van der Waals surface area contributed by atoms with Gasteiger partial charge in [0.05, 0.1) is 0 Å². The Morgan fingerprint density at radius 2 is 1.93 bits per heavy atom. The molecule has 2 heterocycles. The average molecular weight is 410 g/mol. The molecule has 1 saturated heterocycles. The summed E-state index contributed by atoms with van der Waals surface area (Å²) in [4.78, 5) is 25.8. The molecule has 29 heavy (non-hydrogen) atoms. The lowest BCUT2D eigenvalue weighted by Crippen LogP contribution is -2.46. The van der Waals surface area contributed by atoms with Gasteiger partial charge in [-0.05, 0) is 59.8 Å². The van der Waals surface area contributed by atoms with Crippen LogP contribution in [0.25, 0.3) is 0 Å². The highest BCUT2D eigenvalue weighted by Crippen LogP contribution is 2.31. The fourth-order valence-electron chi connectivity index (χ4n) is 4.73. The highest BCUT2D eigenvalue weighted by Gasteiger charge is 2.36. The van der Waals surface area contributed by atoms with Crippen molar-refractivity contribution in [2.45, 2.75) is 50.9 Å². The van der Waals surface area contributed by atoms with Crippen LogP contribution >= 0.6 is 0 Å². The molecule has 0 radical (unpaired) electrons. The standard InChI is InChI=1S/C23H31N3O2Si/c1-29(2,28)22-8-4-7-20-19(22)14-21(25-20)23(27)26-11-9-17(10-12-26)18-6-3-5-16(13-18)15-24/h3-8,13,17,21,25,28H,9-12,14-15,24H2,1-2H3. The fraction of sp³-hybridized carbons (Fsp3) is 0.435. The summed E-state index contributed by atoms with van der Waals surface area (Å²) >= 11 is 0. The minimum atomic E-state index is -2.42. The van der Waals surface area contributed by atoms with Crippen LogP contribution in [0.5, 0.6) is 0 Å². The van der Waals surface area contributed by atoms with Crippen LogP contribution in [0.2, 0.25) is 13.1 Å². The fourth-order valence-corrected chi connectivity index (χ4v) is 6.21. The number of benzene rings is 2. The van der Waals surface area contributed by atoms with E-state index in [0.717, 1.165) is 42.4 Å². The van der Waals surface area contributed by atoms with Gasteiger partial charge in [-0.25, -0.2) is 0 Å². The predicted octanol–water partition coefficient (Wildman–Crippen LogP) is 2.29. The summed E-state index contributed by atoms with van der Waals surface area (Å²) in [6.45, 7) is 6.01. The van der Waals surface area contributed by atoms with E-state index in [1.54, 1.807) is 0 Å². The van der Waals surface area contributed by atoms with Gasteiger partial charge < -0.3 is 20.7 Å². The molecule has 2 aliphatic heterocycles. The van der Waals surface area contributed by atoms with Crippen LogP contribution in [0, 0.1) is 0 Å². The molecule has 0 aromatic heterocycles. The lowest BCUT2D eigenvalue weighted by molar-refractivity contribution is -0.132. The Morgan fingerprint density at radius 1 is 1.21 bits per heavy atom. The van der Waals surface area contributed by atoms with E-state index in [1.807, 2.05) is 36.2 Å². The maximum atomic E-state index is 13.2. The predicted molar refractivity (Wildman–Crippen MR) is 120 cm³/mol. The second kappa shape index (κ2) is 7.93. The van der Waals surface area contributed by atoms with E-state index in [2.05, 4.69) is 29.6 Å². The zero-order chi connectivity index (χ0) is 20.6. The molecule has 0 spiro atoms. The van der Waals surface area contributed by atoms with Crippen molar-refractivity contribution in [3.8, 4) is 0 Å². The SMILES string of the molecule is C[Si](C)(O)c1cccc2c1CC(C(=O)N1CCC(c3cccc(CN)c3)CC1)N2. The Kier molecular flexibility index (Phi) is 5.51. The molecule has 1 atom stereocenters. The van der Waals surface area contributed by atoms with Crippen molar-refractivity contribution in [1.82, 2.24) is 4.90 Å². The molecule has 2 aromatic rings. The van der Waals surface area contributed by atoms with Gasteiger partial charge in [-0.1, -0.05) is 36.4 Å². The van der Waals surface area contributed by atoms with Crippen LogP contribution in [0.15, 0.2) is 42.5 Å². The Labute approximate surface area is 174 Å². The third kappa shape index (κ3) is 4.10. The van der Waals surface area contributed by atoms with Crippen molar-refractivity contribution < 1.29 is 9.59 Å². The van der Waals surface area contributed by atoms with Gasteiger partial charge >= 0.3 is 0 Å². The first-order valence-corrected chi connectivity index (χ1v) is 13.5. The third-order valence-electron chi connectivity index (χ3n) is 6.34. The number of hydrogen-bond donors (Lipinski definition) is 3. The number of hydrogen-bond acceptors (Lipinski definition) is 4. The van der Waals surface area contributed by atoms with E-state index in [-0.39, 0.29) is 11.9 Å². The minimum absolute atomic E-state index is 0.179. The lowest BCUT2D eigenvalue weighted by Gasteiger charge is -2.34. The van der Waals surface area contributed by atoms with Crippen LogP contribution in [-0.2, 0) is 17.8 Å². The molecule has 5 nitrogen and oxygen atoms in total. The molecule has 0 bridgehead atoms. The van der Waals surface area contributed by atoms with E-state index in [0.29, 0.717) is 18.9 Å². The third-order valence-corrected chi connectivity index (χ3v) is 8.12. The van der Waals surface area contributed by atoms with Gasteiger partial charge in [0.15, 0.2) is 0 Å². The Hall–Kier alpha value is -2.15. The number of nitrogens with two attached hydrogens (primary N) is 1. The molecule has 154 valence electrons. The largest absolute Gasteiger partial charge is 0.428 e. The molecule has 1 fully saturated rings. The lowest BCUT2D eigenvalue weighted by atomic mass is 9.88. The van der Waals surface area contributed by atoms with Gasteiger partial charge in [0.25, 0.3) is 0 Å². The van der Waals surface area contributed by atoms with Crippen LogP contribution in [0.1, 0.15) is 35.4 Å². The van der Waals surface area contributed by atoms with Crippen molar-refractivity contribution in [1.29, 1.82) is 0 Å². The number of rotatable bonds is 4. The first kappa shape index (κ1) is 20.1. The first-order valence-electron chi connectivity index (χ1n) is 10.6. The van der Waals surface area contributed by atoms with Crippen LogP contribution < -0.4 is 16.2 Å². The van der Waals surface area contributed by atoms with Crippen LogP contribution in [0.3, 0.4) is 0 Å². The summed E-state index contributed by atoms with van der Waals surface area (Å²) in [7, 11) is -2.42. The van der Waals surface area contributed by atoms with Crippen LogP contribution in [0.4, 0.5) is 5.69 Å². The number of likely N-dealkylation sites (tertiary alicyclic amines) is 1. The molecular weight excluding hydrogens is 378 g/mol. The summed E-state index contributed by atoms with van der Waals surface area (Å²) in [6, 6.07) is 14.3. The molecule has 6 heteroatoms. The Bertz CT molecular complexity index is 901. The molecular formula is C23H31N3O2Si. The van der Waals surface area contributed by atoms with Crippen molar-refractivity contribution in [3.63, 3.8) is 0 Å². The smallest absolute Gasteiger partial charge is 0.245 e. The molecule has 4 N–H and O–H groups in total. The van der Waals surface area contributed by atoms with Gasteiger partial charge in [0.1, 0.15) is 6.04 Å². The van der Waals surface area contributed by atoms with E-state index < -0.39 is 8.32 Å². The quantitative estimate of drug-likeness (QED) is 0.677. The second-order valence-electron chi connectivity index (χ2n) is 8.84. The molecule has 2 aromatic carbocycles. The molecule has 4 rings (SSSR count). The maximum Gasteiger partial charge on any atom is 0.245 e. The summed E-state index contributed by atoms with van der Waals surface area (Å²) in [5, 5.41) is 4.45. The summed E-state index contributed by atoms with van der Waals surface area (Å²) in [5.74, 6) is 0.672. The second-order valence-corrected chi connectivity index (χ2v) is 12.5. The number of carbonyl (C=O) groups is 1. The number of amides is 1. The first-order chi connectivity index (χ1) is 13.9. The monoisotopic (exact) mass is 409 g/mol. The molecule has 1 amide bonds. The highest BCUT2D eigenvalue weighted by atomic mass is 28.4. The zero-order valence-electron chi connectivity index (χ0n) is 17.3. The Morgan fingerprint density at radius 3 is 2.62 bits per heavy atom. The summed E-state index contributed by atoms with van der Waals surface area (Å²) in [5.41, 5.74) is 10.4. The summed E-state index contributed by atoms with van der Waals surface area (Å²) < 4.78 is 0. The van der Waals surface area contributed by atoms with Crippen molar-refractivity contribution in [2.75, 3.05) is 18.4 Å². The number of nitrogens with zero attached hydrogens (tertiary/aromatic N) is 1. The van der Waals surface area contributed by atoms with E-state index in [9.17, 15) is 9.59 Å². The number of carbonyl (C=O) groups excluding carboxylic acids is 1. The van der Waals surface area contributed by atoms with Crippen molar-refractivity contribution in [2.24, 2.45) is 5.73 Å². The minimum Gasteiger partial charge on any atom is -0.428 e. The van der Waals surface area contributed by atoms with E-state index in [4.69, 9.17) is 5.73 Å². The van der Waals surface area contributed by atoms with Crippen molar-refractivity contribution >= 4 is 25.1 Å². The van der Waals surface area contributed by atoms with Crippen molar-refractivity contribution in [3.05, 3.63) is 59.2 Å². The maximum absolute atomic E-state index is 13.2. The van der Waals surface area contributed by atoms with Gasteiger partial charge in [-0.2, -0.15) is 0 Å². The normalized spacial score (nSPS) is 19.7. The number of fused-ring (bicyclic) bond motifs is 1. The molecule has 2 aliphatic rings. The molecule has 0 saturated carbocycles. The van der Waals surface area contributed by atoms with E-state index in [1.165, 1.54) is 11.1 Å². The van der Waals surface area contributed by atoms with Gasteiger partial charge in [0, 0.05) is 31.7 Å². The Balaban J connectivity index is 1.40. The summed E-state index contributed by atoms with van der Waals surface area (Å²) in [6.07, 6.45) is 2.64. The zero-order valence-corrected chi connectivity index (χ0v) is 18.3. The molecule has 1 unspecified atom stereocenters. The van der Waals surface area contributed by atoms with E-state index >= 15 is 0 Å². The number of anilines is 1. The van der Waals surface area contributed by atoms with Gasteiger partial charge in [-0.3, -0.25) is 4.79 Å². The van der Waals surface area contributed by atoms with Crippen LogP contribution in [-0.4, -0.2) is 43.1 Å². The average Bonchev–Trinajstić information content (AvgIpc) is 3.17. The van der Waals surface area contributed by atoms with Gasteiger partial charge in [0.2, 0.25) is 14.2 Å². The highest BCUT2D eigenvalue weighted by molar-refractivity contribution is 6.83. The molecule has 0 aliphatic carbocycles. The number of nitrogens with one attached hydrogen (secondary N) is 1. The van der Waals surface area contributed by atoms with Gasteiger partial charge in [-0.15, -0.1) is 0 Å². The number of piperidine rings is 1.